The number of fused-ring (bicyclic) bond motifs is 3. The summed E-state index contributed by atoms with van der Waals surface area (Å²) >= 11 is 0. The van der Waals surface area contributed by atoms with Crippen molar-refractivity contribution in [3.8, 4) is 0 Å². The molecule has 7 fully saturated rings. The second kappa shape index (κ2) is 10.3. The van der Waals surface area contributed by atoms with Crippen LogP contribution in [-0.4, -0.2) is 116 Å². The molecule has 5 saturated heterocycles. The Morgan fingerprint density at radius 3 is 2.33 bits per heavy atom. The highest BCUT2D eigenvalue weighted by molar-refractivity contribution is 5.82. The van der Waals surface area contributed by atoms with Gasteiger partial charge < -0.3 is 9.64 Å². The number of halogens is 3. The van der Waals surface area contributed by atoms with Gasteiger partial charge in [0.15, 0.2) is 0 Å². The van der Waals surface area contributed by atoms with Crippen LogP contribution >= 0.6 is 0 Å². The number of rotatable bonds is 5. The largest absolute Gasteiger partial charge is 0.392 e. The van der Waals surface area contributed by atoms with Gasteiger partial charge in [0.25, 0.3) is 0 Å². The van der Waals surface area contributed by atoms with E-state index in [2.05, 4.69) is 39.6 Å². The lowest BCUT2D eigenvalue weighted by molar-refractivity contribution is -0.205. The summed E-state index contributed by atoms with van der Waals surface area (Å²) in [7, 11) is 4.26. The summed E-state index contributed by atoms with van der Waals surface area (Å²) in [5, 5.41) is 0. The number of hydrogen-bond acceptors (Lipinski definition) is 7. The molecular formula is C29H47F3N6O2. The Bertz CT molecular complexity index is 951. The van der Waals surface area contributed by atoms with Gasteiger partial charge in [-0.3, -0.25) is 19.5 Å². The molecule has 226 valence electrons. The maximum absolute atomic E-state index is 14.6. The minimum absolute atomic E-state index is 0.00648. The maximum Gasteiger partial charge on any atom is 0.392 e. The topological polar surface area (TPSA) is 63.3 Å². The molecule has 7 rings (SSSR count). The molecule has 0 radical (unpaired) electrons. The van der Waals surface area contributed by atoms with Crippen molar-refractivity contribution in [3.63, 3.8) is 0 Å². The van der Waals surface area contributed by atoms with E-state index in [1.54, 1.807) is 0 Å². The van der Waals surface area contributed by atoms with Crippen LogP contribution in [0.25, 0.3) is 0 Å². The Balaban J connectivity index is 1.07. The van der Waals surface area contributed by atoms with Crippen molar-refractivity contribution in [3.05, 3.63) is 0 Å². The van der Waals surface area contributed by atoms with E-state index in [1.165, 1.54) is 0 Å². The summed E-state index contributed by atoms with van der Waals surface area (Å²) in [6.07, 6.45) is 3.90. The molecule has 2 N–H and O–H groups in total. The lowest BCUT2D eigenvalue weighted by Crippen LogP contribution is -2.57. The van der Waals surface area contributed by atoms with E-state index >= 15 is 0 Å². The number of nitrogens with one attached hydrogen (secondary N) is 2. The first kappa shape index (κ1) is 27.8. The van der Waals surface area contributed by atoms with E-state index in [9.17, 15) is 18.0 Å². The first-order valence-corrected chi connectivity index (χ1v) is 15.7. The van der Waals surface area contributed by atoms with Crippen molar-refractivity contribution >= 4 is 5.91 Å². The van der Waals surface area contributed by atoms with Crippen LogP contribution < -0.4 is 10.9 Å². The predicted octanol–water partition coefficient (Wildman–Crippen LogP) is 2.47. The predicted molar refractivity (Wildman–Crippen MR) is 144 cm³/mol. The van der Waals surface area contributed by atoms with Gasteiger partial charge in [-0.2, -0.15) is 13.2 Å². The number of alkyl halides is 3. The van der Waals surface area contributed by atoms with Crippen molar-refractivity contribution in [1.29, 1.82) is 0 Å². The third-order valence-electron chi connectivity index (χ3n) is 12.4. The number of hydrazine groups is 1. The van der Waals surface area contributed by atoms with Crippen LogP contribution in [0, 0.1) is 29.1 Å². The van der Waals surface area contributed by atoms with Crippen molar-refractivity contribution in [1.82, 2.24) is 30.5 Å². The van der Waals surface area contributed by atoms with Crippen molar-refractivity contribution in [2.24, 2.45) is 29.1 Å². The van der Waals surface area contributed by atoms with Gasteiger partial charge in [-0.05, 0) is 77.3 Å². The van der Waals surface area contributed by atoms with E-state index in [-0.39, 0.29) is 42.5 Å². The smallest absolute Gasteiger partial charge is 0.380 e. The van der Waals surface area contributed by atoms with Crippen LogP contribution in [0.5, 0.6) is 0 Å². The number of piperazine rings is 1. The highest BCUT2D eigenvalue weighted by atomic mass is 19.4. The second-order valence-corrected chi connectivity index (χ2v) is 14.4. The third kappa shape index (κ3) is 4.71. The quantitative estimate of drug-likeness (QED) is 0.529. The fourth-order valence-electron chi connectivity index (χ4n) is 9.82. The standard InChI is InChI=1S/C29H47F3N6O2/c1-35-17-33-34-26(35)11-28(15-40-16-28)18-4-3-5-19(8-18)38-14-24-23(27(38)39)9-22(10-25(24)29(30,31)32)37-12-20-6-7-21(13-37)36(20)2/h18-26,33-34H,3-17H2,1-2H3. The van der Waals surface area contributed by atoms with Gasteiger partial charge in [0, 0.05) is 55.1 Å². The molecule has 0 spiro atoms. The minimum Gasteiger partial charge on any atom is -0.380 e. The number of likely N-dealkylation sites (tertiary alicyclic amines) is 2. The van der Waals surface area contributed by atoms with E-state index in [0.29, 0.717) is 24.4 Å². The molecule has 5 aliphatic heterocycles. The lowest BCUT2D eigenvalue weighted by Gasteiger charge is -2.52. The number of likely N-dealkylation sites (N-methyl/N-ethyl adjacent to an activating group) is 1. The van der Waals surface area contributed by atoms with Crippen molar-refractivity contribution in [2.45, 2.75) is 94.3 Å². The van der Waals surface area contributed by atoms with Gasteiger partial charge in [-0.15, -0.1) is 0 Å². The fourth-order valence-corrected chi connectivity index (χ4v) is 9.82. The van der Waals surface area contributed by atoms with Crippen molar-refractivity contribution in [2.75, 3.05) is 53.6 Å². The van der Waals surface area contributed by atoms with E-state index in [0.717, 1.165) is 77.9 Å². The SMILES string of the molecule is CN1CNNC1CC1(C2CCCC(N3CC4C(CC(N5CC6CCC(C5)N6C)CC4C(F)(F)F)C3=O)C2)COC1. The van der Waals surface area contributed by atoms with Crippen LogP contribution in [0.2, 0.25) is 0 Å². The van der Waals surface area contributed by atoms with E-state index in [1.807, 2.05) is 4.90 Å². The molecule has 9 unspecified atom stereocenters. The zero-order chi connectivity index (χ0) is 27.8. The van der Waals surface area contributed by atoms with Gasteiger partial charge in [-0.25, -0.2) is 10.9 Å². The molecule has 9 atom stereocenters. The molecule has 5 heterocycles. The molecule has 7 aliphatic rings. The summed E-state index contributed by atoms with van der Waals surface area (Å²) in [6, 6.07) is 0.781. The Hall–Kier alpha value is -0.980. The minimum atomic E-state index is -4.26. The van der Waals surface area contributed by atoms with Gasteiger partial charge in [0.1, 0.15) is 0 Å². The Labute approximate surface area is 236 Å². The second-order valence-electron chi connectivity index (χ2n) is 14.4. The van der Waals surface area contributed by atoms with E-state index in [4.69, 9.17) is 4.74 Å². The summed E-state index contributed by atoms with van der Waals surface area (Å²) in [6.45, 7) is 4.24. The molecule has 0 aromatic carbocycles. The first-order valence-electron chi connectivity index (χ1n) is 15.7. The number of amides is 1. The average molecular weight is 569 g/mol. The third-order valence-corrected chi connectivity index (χ3v) is 12.4. The number of hydrogen-bond donors (Lipinski definition) is 2. The van der Waals surface area contributed by atoms with Gasteiger partial charge >= 0.3 is 6.18 Å². The van der Waals surface area contributed by atoms with Gasteiger partial charge in [0.2, 0.25) is 5.91 Å². The number of carbonyl (C=O) groups is 1. The molecule has 1 amide bonds. The summed E-state index contributed by atoms with van der Waals surface area (Å²) in [5.41, 5.74) is 6.68. The average Bonchev–Trinajstić information content (AvgIpc) is 3.51. The van der Waals surface area contributed by atoms with Crippen LogP contribution in [-0.2, 0) is 9.53 Å². The normalized spacial score (nSPS) is 44.7. The molecule has 11 heteroatoms. The summed E-state index contributed by atoms with van der Waals surface area (Å²) in [5.74, 6) is -2.04. The van der Waals surface area contributed by atoms with Gasteiger partial charge in [0.05, 0.1) is 32.0 Å². The summed E-state index contributed by atoms with van der Waals surface area (Å²) in [4.78, 5) is 22.9. The molecule has 0 aromatic heterocycles. The van der Waals surface area contributed by atoms with Crippen LogP contribution in [0.1, 0.15) is 57.8 Å². The lowest BCUT2D eigenvalue weighted by atomic mass is 9.64. The Morgan fingerprint density at radius 2 is 1.70 bits per heavy atom. The number of ether oxygens (including phenoxy) is 1. The zero-order valence-electron chi connectivity index (χ0n) is 24.0. The molecule has 2 bridgehead atoms. The molecule has 2 aliphatic carbocycles. The van der Waals surface area contributed by atoms with Crippen LogP contribution in [0.4, 0.5) is 13.2 Å². The first-order chi connectivity index (χ1) is 19.1. The molecule has 40 heavy (non-hydrogen) atoms. The Morgan fingerprint density at radius 1 is 0.950 bits per heavy atom. The molecule has 2 saturated carbocycles. The summed E-state index contributed by atoms with van der Waals surface area (Å²) < 4.78 is 49.4. The van der Waals surface area contributed by atoms with Gasteiger partial charge in [-0.1, -0.05) is 6.42 Å². The molecule has 0 aromatic rings. The Kier molecular flexibility index (Phi) is 7.19. The maximum atomic E-state index is 14.6. The van der Waals surface area contributed by atoms with Crippen LogP contribution in [0.15, 0.2) is 0 Å². The zero-order valence-corrected chi connectivity index (χ0v) is 24.0. The van der Waals surface area contributed by atoms with Crippen molar-refractivity contribution < 1.29 is 22.7 Å². The number of nitrogens with zero attached hydrogens (tertiary/aromatic N) is 4. The van der Waals surface area contributed by atoms with Crippen LogP contribution in [0.3, 0.4) is 0 Å². The fraction of sp³-hybridized carbons (Fsp3) is 0.966. The highest BCUT2D eigenvalue weighted by Crippen LogP contribution is 2.52. The number of carbonyl (C=O) groups excluding carboxylic acids is 1. The monoisotopic (exact) mass is 568 g/mol. The molecular weight excluding hydrogens is 521 g/mol. The molecule has 8 nitrogen and oxygen atoms in total. The van der Waals surface area contributed by atoms with E-state index < -0.39 is 23.9 Å². The highest BCUT2D eigenvalue weighted by Gasteiger charge is 2.59.